The molecule has 0 N–H and O–H groups in total. The van der Waals surface area contributed by atoms with E-state index in [1.807, 2.05) is 4.93 Å². The van der Waals surface area contributed by atoms with Crippen LogP contribution in [0.4, 0.5) is 4.39 Å². The van der Waals surface area contributed by atoms with Gasteiger partial charge in [0.2, 0.25) is 0 Å². The molecule has 11 heavy (non-hydrogen) atoms. The van der Waals surface area contributed by atoms with Gasteiger partial charge in [-0.25, -0.2) is 0 Å². The van der Waals surface area contributed by atoms with E-state index < -0.39 is 0 Å². The molecule has 0 fully saturated rings. The van der Waals surface area contributed by atoms with Crippen molar-refractivity contribution in [1.29, 1.82) is 0 Å². The summed E-state index contributed by atoms with van der Waals surface area (Å²) in [5.41, 5.74) is 0.406. The van der Waals surface area contributed by atoms with Gasteiger partial charge in [-0.1, -0.05) is 0 Å². The molecule has 0 saturated heterocycles. The zero-order valence-corrected chi connectivity index (χ0v) is 8.13. The van der Waals surface area contributed by atoms with E-state index in [0.717, 1.165) is 3.57 Å². The molecule has 0 spiro atoms. The maximum absolute atomic E-state index is 12.9. The van der Waals surface area contributed by atoms with Crippen LogP contribution in [0.15, 0.2) is 18.2 Å². The molecule has 0 amide bonds. The molecule has 0 aromatic heterocycles. The fraction of sp³-hybridized carbons (Fsp3) is 0.125. The maximum atomic E-state index is 12.9. The third-order valence-electron chi connectivity index (χ3n) is 1.28. The summed E-state index contributed by atoms with van der Waals surface area (Å²) in [6, 6.07) is 4.62. The van der Waals surface area contributed by atoms with E-state index in [4.69, 9.17) is 0 Å². The standard InChI is InChI=1S/C8H7FIO/c1-10-8-3-2-6(5-11)4-7(8)9/h2-5H,1H3/q-1. The van der Waals surface area contributed by atoms with Gasteiger partial charge >= 0.3 is 74.8 Å². The van der Waals surface area contributed by atoms with Crippen molar-refractivity contribution in [3.8, 4) is 0 Å². The summed E-state index contributed by atoms with van der Waals surface area (Å²) in [7, 11) is 0. The van der Waals surface area contributed by atoms with Crippen molar-refractivity contribution in [3.05, 3.63) is 33.1 Å². The van der Waals surface area contributed by atoms with Gasteiger partial charge in [0.15, 0.2) is 0 Å². The number of benzene rings is 1. The fourth-order valence-electron chi connectivity index (χ4n) is 0.739. The van der Waals surface area contributed by atoms with Gasteiger partial charge in [-0.2, -0.15) is 0 Å². The van der Waals surface area contributed by atoms with E-state index in [0.29, 0.717) is 11.8 Å². The Bertz CT molecular complexity index is 273. The molecule has 0 aliphatic rings. The van der Waals surface area contributed by atoms with Crippen LogP contribution in [0, 0.1) is 9.39 Å². The topological polar surface area (TPSA) is 17.1 Å². The fourth-order valence-corrected chi connectivity index (χ4v) is 1.95. The normalized spacial score (nSPS) is 10.0. The van der Waals surface area contributed by atoms with Crippen LogP contribution in [0.1, 0.15) is 10.4 Å². The Morgan fingerprint density at radius 1 is 1.55 bits per heavy atom. The number of aldehydes is 1. The third-order valence-corrected chi connectivity index (χ3v) is 3.32. The van der Waals surface area contributed by atoms with Gasteiger partial charge in [0.1, 0.15) is 0 Å². The van der Waals surface area contributed by atoms with Gasteiger partial charge in [0.05, 0.1) is 0 Å². The summed E-state index contributed by atoms with van der Waals surface area (Å²) in [4.78, 5) is 12.2. The van der Waals surface area contributed by atoms with Crippen molar-refractivity contribution in [2.45, 2.75) is 0 Å². The van der Waals surface area contributed by atoms with Crippen molar-refractivity contribution < 1.29 is 30.4 Å². The Hall–Kier alpha value is -0.450. The number of carbonyl (C=O) groups excluding carboxylic acids is 1. The van der Waals surface area contributed by atoms with Gasteiger partial charge in [-0.15, -0.1) is 0 Å². The summed E-state index contributed by atoms with van der Waals surface area (Å²) in [5, 5.41) is 0. The minimum absolute atomic E-state index is 0.221. The molecule has 1 nitrogen and oxygen atoms in total. The van der Waals surface area contributed by atoms with Crippen LogP contribution >= 0.6 is 0 Å². The van der Waals surface area contributed by atoms with Crippen molar-refractivity contribution in [2.75, 3.05) is 4.93 Å². The molecule has 0 bridgehead atoms. The van der Waals surface area contributed by atoms with Crippen molar-refractivity contribution in [2.24, 2.45) is 0 Å². The van der Waals surface area contributed by atoms with Crippen LogP contribution in [0.25, 0.3) is 0 Å². The number of carbonyl (C=O) groups is 1. The summed E-state index contributed by atoms with van der Waals surface area (Å²) < 4.78 is 13.7. The molecule has 1 aromatic rings. The molecule has 60 valence electrons. The van der Waals surface area contributed by atoms with E-state index in [9.17, 15) is 9.18 Å². The summed E-state index contributed by atoms with van der Waals surface area (Å²) in [5.74, 6) is -0.245. The molecule has 1 rings (SSSR count). The number of hydrogen-bond acceptors (Lipinski definition) is 1. The zero-order valence-electron chi connectivity index (χ0n) is 5.97. The van der Waals surface area contributed by atoms with Gasteiger partial charge in [0.25, 0.3) is 0 Å². The Balaban J connectivity index is 3.09. The van der Waals surface area contributed by atoms with E-state index in [1.165, 1.54) is 6.07 Å². The van der Waals surface area contributed by atoms with E-state index in [-0.39, 0.29) is 27.0 Å². The van der Waals surface area contributed by atoms with Gasteiger partial charge in [-0.3, -0.25) is 0 Å². The van der Waals surface area contributed by atoms with Crippen molar-refractivity contribution in [3.63, 3.8) is 0 Å². The van der Waals surface area contributed by atoms with Crippen LogP contribution < -0.4 is 21.2 Å². The Labute approximate surface area is 74.9 Å². The average molecular weight is 265 g/mol. The predicted molar refractivity (Wildman–Crippen MR) is 36.4 cm³/mol. The summed E-state index contributed by atoms with van der Waals surface area (Å²) >= 11 is -0.221. The number of hydrogen-bond donors (Lipinski definition) is 0. The van der Waals surface area contributed by atoms with Crippen LogP contribution in [0.2, 0.25) is 0 Å². The van der Waals surface area contributed by atoms with E-state index >= 15 is 0 Å². The molecule has 0 radical (unpaired) electrons. The molecule has 1 aromatic carbocycles. The molecule has 0 aliphatic heterocycles. The predicted octanol–water partition coefficient (Wildman–Crippen LogP) is -1.47. The van der Waals surface area contributed by atoms with Crippen LogP contribution in [-0.2, 0) is 0 Å². The molecule has 3 heteroatoms. The molecule has 0 aliphatic carbocycles. The Morgan fingerprint density at radius 3 is 2.73 bits per heavy atom. The van der Waals surface area contributed by atoms with Gasteiger partial charge < -0.3 is 0 Å². The van der Waals surface area contributed by atoms with E-state index in [2.05, 4.69) is 0 Å². The first-order valence-corrected chi connectivity index (χ1v) is 6.25. The van der Waals surface area contributed by atoms with Crippen LogP contribution in [-0.4, -0.2) is 11.2 Å². The molecule has 0 saturated carbocycles. The molecule has 0 unspecified atom stereocenters. The van der Waals surface area contributed by atoms with Crippen LogP contribution in [0.3, 0.4) is 0 Å². The quantitative estimate of drug-likeness (QED) is 0.362. The minimum atomic E-state index is -0.245. The first-order chi connectivity index (χ1) is 5.27. The first-order valence-electron chi connectivity index (χ1n) is 3.02. The van der Waals surface area contributed by atoms with E-state index in [1.54, 1.807) is 12.1 Å². The average Bonchev–Trinajstić information content (AvgIpc) is 2.04. The second kappa shape index (κ2) is 3.80. The van der Waals surface area contributed by atoms with Crippen LogP contribution in [0.5, 0.6) is 0 Å². The van der Waals surface area contributed by atoms with Gasteiger partial charge in [-0.05, 0) is 0 Å². The zero-order chi connectivity index (χ0) is 8.27. The van der Waals surface area contributed by atoms with Gasteiger partial charge in [0, 0.05) is 0 Å². The second-order valence-corrected chi connectivity index (χ2v) is 4.22. The summed E-state index contributed by atoms with van der Waals surface area (Å²) in [6.45, 7) is 0. The molecular formula is C8H7FIO-. The number of halogens is 2. The number of alkyl halides is 1. The Morgan fingerprint density at radius 2 is 2.27 bits per heavy atom. The third kappa shape index (κ3) is 1.99. The first kappa shape index (κ1) is 8.64. The summed E-state index contributed by atoms with van der Waals surface area (Å²) in [6.07, 6.45) is 0.654. The molecule has 0 atom stereocenters. The second-order valence-electron chi connectivity index (χ2n) is 1.98. The molecule has 0 heterocycles. The number of rotatable bonds is 2. The van der Waals surface area contributed by atoms with Crippen molar-refractivity contribution >= 4 is 6.29 Å². The monoisotopic (exact) mass is 265 g/mol. The Kier molecular flexibility index (Phi) is 2.99. The SMILES string of the molecule is C[I-]c1ccc(C=O)cc1F. The molecular weight excluding hydrogens is 258 g/mol. The van der Waals surface area contributed by atoms with Crippen molar-refractivity contribution in [1.82, 2.24) is 0 Å².